The molecule has 1 aromatic rings. The quantitative estimate of drug-likeness (QED) is 0.604. The summed E-state index contributed by atoms with van der Waals surface area (Å²) >= 11 is 0. The maximum absolute atomic E-state index is 12.8. The van der Waals surface area contributed by atoms with Crippen LogP contribution in [0.4, 0.5) is 18.0 Å². The van der Waals surface area contributed by atoms with Crippen LogP contribution in [0.3, 0.4) is 0 Å². The number of carbonyl (C=O) groups excluding carboxylic acids is 3. The average Bonchev–Trinajstić information content (AvgIpc) is 3.12. The monoisotopic (exact) mass is 482 g/mol. The highest BCUT2D eigenvalue weighted by molar-refractivity contribution is 5.94. The summed E-state index contributed by atoms with van der Waals surface area (Å²) in [5.74, 6) is -0.252. The Labute approximate surface area is 196 Å². The number of carbonyl (C=O) groups is 3. The summed E-state index contributed by atoms with van der Waals surface area (Å²) in [5.41, 5.74) is -1.23. The molecule has 10 heteroatoms. The standard InChI is InChI=1S/C24H29F3N2O5/c1-33-21(31)18-4-2-16(3-5-18)14-29-15-23(34-22(29)32)10-12-28(13-11-23)20(30)17-6-8-19(9-7-17)24(25,26)27/h6-9,16,18H,2-5,10-15H2,1H3. The first-order chi connectivity index (χ1) is 16.1. The van der Waals surface area contributed by atoms with E-state index in [0.29, 0.717) is 44.9 Å². The number of hydrogen-bond acceptors (Lipinski definition) is 5. The molecule has 2 aliphatic heterocycles. The van der Waals surface area contributed by atoms with Gasteiger partial charge in [-0.3, -0.25) is 9.59 Å². The van der Waals surface area contributed by atoms with Gasteiger partial charge in [-0.15, -0.1) is 0 Å². The van der Waals surface area contributed by atoms with Crippen molar-refractivity contribution in [1.82, 2.24) is 9.80 Å². The van der Waals surface area contributed by atoms with Crippen molar-refractivity contribution in [1.29, 1.82) is 0 Å². The van der Waals surface area contributed by atoms with E-state index in [9.17, 15) is 27.6 Å². The third-order valence-electron chi connectivity index (χ3n) is 7.32. The predicted molar refractivity (Wildman–Crippen MR) is 115 cm³/mol. The molecular formula is C24H29F3N2O5. The molecule has 4 rings (SSSR count). The van der Waals surface area contributed by atoms with Crippen LogP contribution in [0.2, 0.25) is 0 Å². The van der Waals surface area contributed by atoms with Crippen molar-refractivity contribution in [3.8, 4) is 0 Å². The Bertz CT molecular complexity index is 918. The average molecular weight is 482 g/mol. The maximum atomic E-state index is 12.8. The Kier molecular flexibility index (Phi) is 6.78. The Morgan fingerprint density at radius 2 is 1.71 bits per heavy atom. The fourth-order valence-electron chi connectivity index (χ4n) is 5.25. The van der Waals surface area contributed by atoms with E-state index in [4.69, 9.17) is 9.47 Å². The van der Waals surface area contributed by atoms with Crippen molar-refractivity contribution in [2.24, 2.45) is 11.8 Å². The lowest BCUT2D eigenvalue weighted by Crippen LogP contribution is -2.49. The van der Waals surface area contributed by atoms with Crippen molar-refractivity contribution in [2.45, 2.75) is 50.3 Å². The van der Waals surface area contributed by atoms with Gasteiger partial charge in [0.25, 0.3) is 5.91 Å². The molecule has 3 fully saturated rings. The Hall–Kier alpha value is -2.78. The number of ether oxygens (including phenoxy) is 2. The molecule has 1 aliphatic carbocycles. The molecule has 3 aliphatic rings. The lowest BCUT2D eigenvalue weighted by molar-refractivity contribution is -0.146. The number of esters is 1. The molecule has 1 saturated carbocycles. The van der Waals surface area contributed by atoms with Crippen molar-refractivity contribution in [2.75, 3.05) is 33.3 Å². The second kappa shape index (κ2) is 9.46. The molecule has 2 heterocycles. The van der Waals surface area contributed by atoms with E-state index in [1.54, 1.807) is 9.80 Å². The normalized spacial score (nSPS) is 24.8. The third-order valence-corrected chi connectivity index (χ3v) is 7.32. The third kappa shape index (κ3) is 5.15. The van der Waals surface area contributed by atoms with Crippen molar-refractivity contribution in [3.05, 3.63) is 35.4 Å². The van der Waals surface area contributed by atoms with Crippen LogP contribution in [0.15, 0.2) is 24.3 Å². The zero-order valence-electron chi connectivity index (χ0n) is 19.1. The van der Waals surface area contributed by atoms with Crippen molar-refractivity contribution < 1.29 is 37.0 Å². The van der Waals surface area contributed by atoms with Gasteiger partial charge in [0, 0.05) is 38.0 Å². The second-order valence-corrected chi connectivity index (χ2v) is 9.54. The van der Waals surface area contributed by atoms with E-state index in [2.05, 4.69) is 0 Å². The summed E-state index contributed by atoms with van der Waals surface area (Å²) in [5, 5.41) is 0. The fraction of sp³-hybridized carbons (Fsp3) is 0.625. The van der Waals surface area contributed by atoms with E-state index in [1.807, 2.05) is 0 Å². The highest BCUT2D eigenvalue weighted by Crippen LogP contribution is 2.36. The number of hydrogen-bond donors (Lipinski definition) is 0. The summed E-state index contributed by atoms with van der Waals surface area (Å²) in [7, 11) is 1.40. The van der Waals surface area contributed by atoms with E-state index in [0.717, 1.165) is 37.8 Å². The number of benzene rings is 1. The summed E-state index contributed by atoms with van der Waals surface area (Å²) in [6, 6.07) is 4.21. The van der Waals surface area contributed by atoms with Crippen LogP contribution in [0.1, 0.15) is 54.4 Å². The van der Waals surface area contributed by atoms with Crippen LogP contribution in [-0.2, 0) is 20.4 Å². The molecule has 1 spiro atoms. The molecule has 0 atom stereocenters. The van der Waals surface area contributed by atoms with Gasteiger partial charge >= 0.3 is 18.2 Å². The van der Waals surface area contributed by atoms with Crippen LogP contribution in [0, 0.1) is 11.8 Å². The topological polar surface area (TPSA) is 76.2 Å². The predicted octanol–water partition coefficient (Wildman–Crippen LogP) is 4.11. The highest BCUT2D eigenvalue weighted by Gasteiger charge is 2.48. The zero-order chi connectivity index (χ0) is 24.5. The zero-order valence-corrected chi connectivity index (χ0v) is 19.1. The van der Waals surface area contributed by atoms with Gasteiger partial charge in [-0.1, -0.05) is 0 Å². The molecule has 186 valence electrons. The van der Waals surface area contributed by atoms with Gasteiger partial charge < -0.3 is 19.3 Å². The Balaban J connectivity index is 1.28. The van der Waals surface area contributed by atoms with Crippen LogP contribution in [0.25, 0.3) is 0 Å². The maximum Gasteiger partial charge on any atom is 0.416 e. The van der Waals surface area contributed by atoms with E-state index < -0.39 is 17.3 Å². The Morgan fingerprint density at radius 1 is 1.09 bits per heavy atom. The van der Waals surface area contributed by atoms with E-state index in [1.165, 1.54) is 19.2 Å². The number of methoxy groups -OCH3 is 1. The number of rotatable bonds is 4. The number of alkyl halides is 3. The largest absolute Gasteiger partial charge is 0.469 e. The lowest BCUT2D eigenvalue weighted by atomic mass is 9.81. The van der Waals surface area contributed by atoms with Crippen LogP contribution in [-0.4, -0.2) is 66.7 Å². The molecule has 34 heavy (non-hydrogen) atoms. The highest BCUT2D eigenvalue weighted by atomic mass is 19.4. The molecular weight excluding hydrogens is 453 g/mol. The fourth-order valence-corrected chi connectivity index (χ4v) is 5.25. The van der Waals surface area contributed by atoms with Crippen LogP contribution >= 0.6 is 0 Å². The number of halogens is 3. The summed E-state index contributed by atoms with van der Waals surface area (Å²) in [4.78, 5) is 40.3. The molecule has 0 unspecified atom stereocenters. The van der Waals surface area contributed by atoms with Crippen molar-refractivity contribution in [3.63, 3.8) is 0 Å². The van der Waals surface area contributed by atoms with Gasteiger partial charge in [-0.05, 0) is 55.9 Å². The van der Waals surface area contributed by atoms with Gasteiger partial charge in [0.15, 0.2) is 0 Å². The van der Waals surface area contributed by atoms with Crippen LogP contribution in [0.5, 0.6) is 0 Å². The van der Waals surface area contributed by atoms with Gasteiger partial charge in [-0.25, -0.2) is 4.79 Å². The summed E-state index contributed by atoms with van der Waals surface area (Å²) in [6.07, 6.45) is -0.611. The Morgan fingerprint density at radius 3 is 2.26 bits per heavy atom. The summed E-state index contributed by atoms with van der Waals surface area (Å²) < 4.78 is 48.9. The van der Waals surface area contributed by atoms with Crippen LogP contribution < -0.4 is 0 Å². The molecule has 2 amide bonds. The van der Waals surface area contributed by atoms with E-state index >= 15 is 0 Å². The SMILES string of the molecule is COC(=O)C1CCC(CN2CC3(CCN(C(=O)c4ccc(C(F)(F)F)cc4)CC3)OC2=O)CC1. The van der Waals surface area contributed by atoms with Gasteiger partial charge in [-0.2, -0.15) is 13.2 Å². The lowest BCUT2D eigenvalue weighted by Gasteiger charge is -2.37. The first-order valence-corrected chi connectivity index (χ1v) is 11.6. The van der Waals surface area contributed by atoms with Gasteiger partial charge in [0.05, 0.1) is 25.1 Å². The van der Waals surface area contributed by atoms with E-state index in [-0.39, 0.29) is 29.5 Å². The first kappa shape index (κ1) is 24.3. The second-order valence-electron chi connectivity index (χ2n) is 9.54. The minimum atomic E-state index is -4.45. The molecule has 0 bridgehead atoms. The number of nitrogens with zero attached hydrogens (tertiary/aromatic N) is 2. The summed E-state index contributed by atoms with van der Waals surface area (Å²) in [6.45, 7) is 1.78. The molecule has 1 aromatic carbocycles. The molecule has 0 aromatic heterocycles. The number of likely N-dealkylation sites (tertiary alicyclic amines) is 1. The van der Waals surface area contributed by atoms with Crippen molar-refractivity contribution >= 4 is 18.0 Å². The molecule has 7 nitrogen and oxygen atoms in total. The molecule has 0 N–H and O–H groups in total. The smallest absolute Gasteiger partial charge is 0.416 e. The van der Waals surface area contributed by atoms with Gasteiger partial charge in [0.1, 0.15) is 5.60 Å². The minimum absolute atomic E-state index is 0.0651. The number of amides is 2. The molecule has 0 radical (unpaired) electrons. The van der Waals surface area contributed by atoms with Gasteiger partial charge in [0.2, 0.25) is 0 Å². The molecule has 2 saturated heterocycles. The minimum Gasteiger partial charge on any atom is -0.469 e. The first-order valence-electron chi connectivity index (χ1n) is 11.6. The number of piperidine rings is 1.